The van der Waals surface area contributed by atoms with E-state index in [4.69, 9.17) is 10.2 Å². The Hall–Kier alpha value is -2.01. The first-order valence-electron chi connectivity index (χ1n) is 10.6. The first-order chi connectivity index (χ1) is 14.1. The van der Waals surface area contributed by atoms with Crippen molar-refractivity contribution in [3.63, 3.8) is 0 Å². The molecule has 0 fully saturated rings. The van der Waals surface area contributed by atoms with Crippen LogP contribution in [0.2, 0.25) is 0 Å². The zero-order valence-electron chi connectivity index (χ0n) is 17.7. The van der Waals surface area contributed by atoms with Crippen LogP contribution in [0.25, 0.3) is 0 Å². The van der Waals surface area contributed by atoms with Crippen molar-refractivity contribution in [1.29, 1.82) is 0 Å². The quantitative estimate of drug-likeness (QED) is 0.186. The van der Waals surface area contributed by atoms with Gasteiger partial charge in [-0.2, -0.15) is 0 Å². The van der Waals surface area contributed by atoms with Crippen molar-refractivity contribution in [2.24, 2.45) is 0 Å². The lowest BCUT2D eigenvalue weighted by Crippen LogP contribution is -2.35. The fourth-order valence-corrected chi connectivity index (χ4v) is 2.45. The summed E-state index contributed by atoms with van der Waals surface area (Å²) in [5.41, 5.74) is 0. The lowest BCUT2D eigenvalue weighted by atomic mass is 10.1. The van der Waals surface area contributed by atoms with Gasteiger partial charge in [0.2, 0.25) is 0 Å². The summed E-state index contributed by atoms with van der Waals surface area (Å²) in [4.78, 5) is 11.4. The molecule has 0 radical (unpaired) electrons. The average Bonchev–Trinajstić information content (AvgIpc) is 2.74. The molecule has 0 rings (SSSR count). The summed E-state index contributed by atoms with van der Waals surface area (Å²) >= 11 is 0. The number of ketones is 1. The maximum Gasteiger partial charge on any atom is 0.186 e. The standard InChI is InChI=1S/C25H38O4/c1-2-3-4-5-6-7-8-9-10-11-12-13-14-15-16-17-18-19-20-21-23(27)25(29)24(28)22-26/h10-21,24-26,28-29H,2-9,22H2,1H3/t24-,25?/m0/s1. The summed E-state index contributed by atoms with van der Waals surface area (Å²) in [6, 6.07) is 0. The Morgan fingerprint density at radius 1 is 0.724 bits per heavy atom. The molecular formula is C25H38O4. The molecule has 1 unspecified atom stereocenters. The number of unbranched alkanes of at least 4 members (excludes halogenated alkanes) is 7. The van der Waals surface area contributed by atoms with Gasteiger partial charge in [0.25, 0.3) is 0 Å². The average molecular weight is 403 g/mol. The van der Waals surface area contributed by atoms with Crippen LogP contribution in [0.1, 0.15) is 58.3 Å². The van der Waals surface area contributed by atoms with E-state index in [0.29, 0.717) is 0 Å². The number of rotatable bonds is 17. The Morgan fingerprint density at radius 3 is 1.76 bits per heavy atom. The Bertz CT molecular complexity index is 567. The van der Waals surface area contributed by atoms with Crippen molar-refractivity contribution < 1.29 is 20.1 Å². The molecule has 0 spiro atoms. The van der Waals surface area contributed by atoms with E-state index in [1.54, 1.807) is 12.2 Å². The van der Waals surface area contributed by atoms with Crippen LogP contribution in [0.3, 0.4) is 0 Å². The van der Waals surface area contributed by atoms with E-state index in [-0.39, 0.29) is 0 Å². The summed E-state index contributed by atoms with van der Waals surface area (Å²) in [7, 11) is 0. The predicted molar refractivity (Wildman–Crippen MR) is 122 cm³/mol. The van der Waals surface area contributed by atoms with E-state index >= 15 is 0 Å². The van der Waals surface area contributed by atoms with E-state index in [9.17, 15) is 9.90 Å². The second-order valence-electron chi connectivity index (χ2n) is 6.83. The summed E-state index contributed by atoms with van der Waals surface area (Å²) in [6.07, 6.45) is 29.3. The van der Waals surface area contributed by atoms with Crippen molar-refractivity contribution in [2.75, 3.05) is 6.61 Å². The number of aliphatic hydroxyl groups excluding tert-OH is 3. The van der Waals surface area contributed by atoms with Gasteiger partial charge in [0.15, 0.2) is 5.78 Å². The number of allylic oxidation sites excluding steroid dienone is 11. The van der Waals surface area contributed by atoms with Crippen molar-refractivity contribution in [2.45, 2.75) is 70.5 Å². The molecule has 29 heavy (non-hydrogen) atoms. The fourth-order valence-electron chi connectivity index (χ4n) is 2.45. The second-order valence-corrected chi connectivity index (χ2v) is 6.83. The van der Waals surface area contributed by atoms with Gasteiger partial charge in [-0.3, -0.25) is 4.79 Å². The molecule has 0 aromatic carbocycles. The molecule has 0 aromatic heterocycles. The largest absolute Gasteiger partial charge is 0.394 e. The molecular weight excluding hydrogens is 364 g/mol. The second kappa shape index (κ2) is 20.7. The van der Waals surface area contributed by atoms with Gasteiger partial charge in [-0.25, -0.2) is 0 Å². The van der Waals surface area contributed by atoms with Crippen LogP contribution in [0.4, 0.5) is 0 Å². The topological polar surface area (TPSA) is 77.8 Å². The van der Waals surface area contributed by atoms with Crippen LogP contribution in [0.5, 0.6) is 0 Å². The fraction of sp³-hybridized carbons (Fsp3) is 0.480. The van der Waals surface area contributed by atoms with Crippen LogP contribution >= 0.6 is 0 Å². The number of hydrogen-bond donors (Lipinski definition) is 3. The maximum atomic E-state index is 11.4. The third-order valence-corrected chi connectivity index (χ3v) is 4.21. The molecule has 162 valence electrons. The Balaban J connectivity index is 3.82. The number of carbonyl (C=O) groups is 1. The molecule has 0 aliphatic heterocycles. The highest BCUT2D eigenvalue weighted by Crippen LogP contribution is 2.08. The molecule has 2 atom stereocenters. The number of carbonyl (C=O) groups excluding carboxylic acids is 1. The Labute approximate surface area is 176 Å². The molecule has 0 saturated heterocycles. The van der Waals surface area contributed by atoms with E-state index in [1.165, 1.54) is 51.0 Å². The van der Waals surface area contributed by atoms with Crippen molar-refractivity contribution >= 4 is 5.78 Å². The van der Waals surface area contributed by atoms with Crippen molar-refractivity contribution in [3.8, 4) is 0 Å². The van der Waals surface area contributed by atoms with Crippen LogP contribution in [-0.2, 0) is 4.79 Å². The summed E-state index contributed by atoms with van der Waals surface area (Å²) in [5, 5.41) is 27.2. The monoisotopic (exact) mass is 402 g/mol. The Morgan fingerprint density at radius 2 is 1.21 bits per heavy atom. The van der Waals surface area contributed by atoms with Gasteiger partial charge in [0.1, 0.15) is 12.2 Å². The number of hydrogen-bond acceptors (Lipinski definition) is 4. The smallest absolute Gasteiger partial charge is 0.186 e. The molecule has 4 nitrogen and oxygen atoms in total. The van der Waals surface area contributed by atoms with E-state index < -0.39 is 24.6 Å². The minimum Gasteiger partial charge on any atom is -0.394 e. The first-order valence-corrected chi connectivity index (χ1v) is 10.6. The van der Waals surface area contributed by atoms with Gasteiger partial charge in [0.05, 0.1) is 6.61 Å². The summed E-state index contributed by atoms with van der Waals surface area (Å²) in [6.45, 7) is 1.59. The molecule has 4 heteroatoms. The Kier molecular flexibility index (Phi) is 19.3. The normalized spacial score (nSPS) is 15.2. The molecule has 0 bridgehead atoms. The first kappa shape index (κ1) is 27.0. The summed E-state index contributed by atoms with van der Waals surface area (Å²) in [5.74, 6) is -0.648. The van der Waals surface area contributed by atoms with Crippen LogP contribution in [0.15, 0.2) is 72.9 Å². The van der Waals surface area contributed by atoms with E-state index in [1.807, 2.05) is 36.5 Å². The SMILES string of the molecule is CCCCCCCCCC=CC=CC=CC=CC=CC=CC(=O)C(O)[C@@H](O)CO. The van der Waals surface area contributed by atoms with Gasteiger partial charge in [-0.15, -0.1) is 0 Å². The molecule has 0 aliphatic rings. The van der Waals surface area contributed by atoms with E-state index in [2.05, 4.69) is 19.1 Å². The highest BCUT2D eigenvalue weighted by atomic mass is 16.4. The van der Waals surface area contributed by atoms with Gasteiger partial charge in [0, 0.05) is 0 Å². The van der Waals surface area contributed by atoms with Gasteiger partial charge >= 0.3 is 0 Å². The molecule has 0 heterocycles. The minimum atomic E-state index is -1.60. The lowest BCUT2D eigenvalue weighted by Gasteiger charge is -2.11. The van der Waals surface area contributed by atoms with Crippen molar-refractivity contribution in [1.82, 2.24) is 0 Å². The third kappa shape index (κ3) is 17.8. The molecule has 3 N–H and O–H groups in total. The van der Waals surface area contributed by atoms with Crippen LogP contribution in [0, 0.1) is 0 Å². The maximum absolute atomic E-state index is 11.4. The molecule has 0 aromatic rings. The van der Waals surface area contributed by atoms with Gasteiger partial charge < -0.3 is 15.3 Å². The zero-order valence-corrected chi connectivity index (χ0v) is 17.7. The molecule has 0 amide bonds. The van der Waals surface area contributed by atoms with E-state index in [0.717, 1.165) is 12.5 Å². The predicted octanol–water partition coefficient (Wildman–Crippen LogP) is 4.75. The minimum absolute atomic E-state index is 0.648. The molecule has 0 aliphatic carbocycles. The third-order valence-electron chi connectivity index (χ3n) is 4.21. The van der Waals surface area contributed by atoms with Crippen LogP contribution in [-0.4, -0.2) is 39.9 Å². The highest BCUT2D eigenvalue weighted by molar-refractivity contribution is 5.94. The van der Waals surface area contributed by atoms with Gasteiger partial charge in [-0.1, -0.05) is 112 Å². The number of aliphatic hydroxyl groups is 3. The van der Waals surface area contributed by atoms with Crippen molar-refractivity contribution in [3.05, 3.63) is 72.9 Å². The van der Waals surface area contributed by atoms with Gasteiger partial charge in [-0.05, 0) is 18.9 Å². The lowest BCUT2D eigenvalue weighted by molar-refractivity contribution is -0.129. The molecule has 0 saturated carbocycles. The van der Waals surface area contributed by atoms with Crippen LogP contribution < -0.4 is 0 Å². The summed E-state index contributed by atoms with van der Waals surface area (Å²) < 4.78 is 0. The zero-order chi connectivity index (χ0) is 21.6. The highest BCUT2D eigenvalue weighted by Gasteiger charge is 2.20.